The standard InChI is InChI=1S/C9H14ClNO2/c10-8(12)6-11-9(13)7-4-2-1-3-5-7/h7H,1-6H2,(H,11,13). The van der Waals surface area contributed by atoms with Gasteiger partial charge in [-0.1, -0.05) is 19.3 Å². The highest BCUT2D eigenvalue weighted by molar-refractivity contribution is 6.64. The number of nitrogens with one attached hydrogen (secondary N) is 1. The predicted molar refractivity (Wildman–Crippen MR) is 50.4 cm³/mol. The molecule has 3 nitrogen and oxygen atoms in total. The molecule has 0 aliphatic heterocycles. The van der Waals surface area contributed by atoms with E-state index in [0.717, 1.165) is 25.7 Å². The molecule has 0 radical (unpaired) electrons. The van der Waals surface area contributed by atoms with E-state index in [1.807, 2.05) is 0 Å². The van der Waals surface area contributed by atoms with Crippen molar-refractivity contribution in [2.24, 2.45) is 5.92 Å². The van der Waals surface area contributed by atoms with Gasteiger partial charge in [-0.3, -0.25) is 9.59 Å². The molecule has 0 spiro atoms. The van der Waals surface area contributed by atoms with Crippen molar-refractivity contribution in [2.45, 2.75) is 32.1 Å². The van der Waals surface area contributed by atoms with E-state index in [-0.39, 0.29) is 18.4 Å². The van der Waals surface area contributed by atoms with Crippen LogP contribution in [-0.2, 0) is 9.59 Å². The molecule has 1 rings (SSSR count). The van der Waals surface area contributed by atoms with E-state index in [0.29, 0.717) is 0 Å². The Kier molecular flexibility index (Phi) is 4.22. The highest BCUT2D eigenvalue weighted by Gasteiger charge is 2.20. The topological polar surface area (TPSA) is 46.2 Å². The number of hydrogen-bond donors (Lipinski definition) is 1. The largest absolute Gasteiger partial charge is 0.347 e. The van der Waals surface area contributed by atoms with Crippen LogP contribution < -0.4 is 5.32 Å². The molecule has 0 saturated heterocycles. The van der Waals surface area contributed by atoms with Crippen LogP contribution in [0.25, 0.3) is 0 Å². The molecule has 1 N–H and O–H groups in total. The van der Waals surface area contributed by atoms with Gasteiger partial charge in [0.15, 0.2) is 0 Å². The highest BCUT2D eigenvalue weighted by atomic mass is 35.5. The number of halogens is 1. The third kappa shape index (κ3) is 3.77. The lowest BCUT2D eigenvalue weighted by Crippen LogP contribution is -2.34. The number of carbonyl (C=O) groups excluding carboxylic acids is 2. The zero-order chi connectivity index (χ0) is 9.68. The Labute approximate surface area is 82.8 Å². The van der Waals surface area contributed by atoms with Crippen molar-refractivity contribution >= 4 is 22.8 Å². The van der Waals surface area contributed by atoms with E-state index in [1.54, 1.807) is 0 Å². The summed E-state index contributed by atoms with van der Waals surface area (Å²) in [5, 5.41) is 2.02. The summed E-state index contributed by atoms with van der Waals surface area (Å²) in [6.07, 6.45) is 5.35. The number of hydrogen-bond acceptors (Lipinski definition) is 2. The molecular formula is C9H14ClNO2. The van der Waals surface area contributed by atoms with Crippen molar-refractivity contribution in [3.63, 3.8) is 0 Å². The first kappa shape index (κ1) is 10.5. The summed E-state index contributed by atoms with van der Waals surface area (Å²) >= 11 is 5.11. The molecule has 1 fully saturated rings. The van der Waals surface area contributed by atoms with Gasteiger partial charge in [0.1, 0.15) is 0 Å². The monoisotopic (exact) mass is 203 g/mol. The maximum Gasteiger partial charge on any atom is 0.240 e. The molecule has 1 aliphatic carbocycles. The van der Waals surface area contributed by atoms with Gasteiger partial charge in [-0.2, -0.15) is 0 Å². The molecule has 0 unspecified atom stereocenters. The molecule has 1 saturated carbocycles. The lowest BCUT2D eigenvalue weighted by atomic mass is 9.89. The summed E-state index contributed by atoms with van der Waals surface area (Å²) in [6.45, 7) is -0.0448. The van der Waals surface area contributed by atoms with Gasteiger partial charge in [0.05, 0.1) is 6.54 Å². The quantitative estimate of drug-likeness (QED) is 0.706. The normalized spacial score (nSPS) is 18.2. The fraction of sp³-hybridized carbons (Fsp3) is 0.778. The van der Waals surface area contributed by atoms with Crippen molar-refractivity contribution in [1.82, 2.24) is 5.32 Å². The Bertz CT molecular complexity index is 200. The summed E-state index contributed by atoms with van der Waals surface area (Å²) in [7, 11) is 0. The molecule has 0 aromatic carbocycles. The van der Waals surface area contributed by atoms with Gasteiger partial charge in [0.25, 0.3) is 0 Å². The molecule has 0 bridgehead atoms. The van der Waals surface area contributed by atoms with Crippen molar-refractivity contribution in [1.29, 1.82) is 0 Å². The van der Waals surface area contributed by atoms with E-state index in [1.165, 1.54) is 6.42 Å². The molecule has 1 aliphatic rings. The average Bonchev–Trinajstić information content (AvgIpc) is 2.15. The lowest BCUT2D eigenvalue weighted by molar-refractivity contribution is -0.127. The van der Waals surface area contributed by atoms with Crippen molar-refractivity contribution in [3.05, 3.63) is 0 Å². The molecule has 0 atom stereocenters. The molecule has 74 valence electrons. The average molecular weight is 204 g/mol. The van der Waals surface area contributed by atoms with E-state index in [2.05, 4.69) is 5.32 Å². The van der Waals surface area contributed by atoms with Gasteiger partial charge in [-0.05, 0) is 24.4 Å². The Balaban J connectivity index is 2.25. The summed E-state index contributed by atoms with van der Waals surface area (Å²) in [5.41, 5.74) is 0. The van der Waals surface area contributed by atoms with E-state index in [9.17, 15) is 9.59 Å². The Morgan fingerprint density at radius 1 is 1.23 bits per heavy atom. The fourth-order valence-corrected chi connectivity index (χ4v) is 1.73. The molecule has 4 heteroatoms. The van der Waals surface area contributed by atoms with Crippen LogP contribution in [0.5, 0.6) is 0 Å². The predicted octanol–water partition coefficient (Wildman–Crippen LogP) is 1.45. The van der Waals surface area contributed by atoms with Gasteiger partial charge in [-0.25, -0.2) is 0 Å². The van der Waals surface area contributed by atoms with Gasteiger partial charge in [0.2, 0.25) is 11.1 Å². The van der Waals surface area contributed by atoms with Gasteiger partial charge < -0.3 is 5.32 Å². The summed E-state index contributed by atoms with van der Waals surface area (Å²) < 4.78 is 0. The molecule has 0 aromatic heterocycles. The van der Waals surface area contributed by atoms with E-state index in [4.69, 9.17) is 11.6 Å². The maximum absolute atomic E-state index is 11.4. The van der Waals surface area contributed by atoms with Gasteiger partial charge in [-0.15, -0.1) is 0 Å². The highest BCUT2D eigenvalue weighted by Crippen LogP contribution is 2.23. The first-order valence-electron chi connectivity index (χ1n) is 4.66. The lowest BCUT2D eigenvalue weighted by Gasteiger charge is -2.20. The van der Waals surface area contributed by atoms with Crippen molar-refractivity contribution < 1.29 is 9.59 Å². The van der Waals surface area contributed by atoms with Crippen LogP contribution in [-0.4, -0.2) is 17.7 Å². The Hall–Kier alpha value is -0.570. The fourth-order valence-electron chi connectivity index (χ4n) is 1.67. The van der Waals surface area contributed by atoms with Crippen LogP contribution in [0.1, 0.15) is 32.1 Å². The Morgan fingerprint density at radius 2 is 1.85 bits per heavy atom. The Morgan fingerprint density at radius 3 is 2.38 bits per heavy atom. The van der Waals surface area contributed by atoms with Crippen LogP contribution in [0.2, 0.25) is 0 Å². The van der Waals surface area contributed by atoms with Crippen LogP contribution in [0.4, 0.5) is 0 Å². The van der Waals surface area contributed by atoms with Crippen LogP contribution in [0.3, 0.4) is 0 Å². The molecule has 0 aromatic rings. The SMILES string of the molecule is O=C(Cl)CNC(=O)C1CCCCC1. The maximum atomic E-state index is 11.4. The second-order valence-electron chi connectivity index (χ2n) is 3.41. The summed E-state index contributed by atoms with van der Waals surface area (Å²) in [5.74, 6) is 0.0819. The minimum atomic E-state index is -0.510. The zero-order valence-electron chi connectivity index (χ0n) is 7.51. The second-order valence-corrected chi connectivity index (χ2v) is 3.83. The first-order chi connectivity index (χ1) is 6.20. The number of rotatable bonds is 3. The van der Waals surface area contributed by atoms with Crippen LogP contribution >= 0.6 is 11.6 Å². The minimum Gasteiger partial charge on any atom is -0.347 e. The van der Waals surface area contributed by atoms with Gasteiger partial charge >= 0.3 is 0 Å². The van der Waals surface area contributed by atoms with E-state index >= 15 is 0 Å². The third-order valence-corrected chi connectivity index (χ3v) is 2.51. The molecular weight excluding hydrogens is 190 g/mol. The molecule has 1 amide bonds. The van der Waals surface area contributed by atoms with Crippen molar-refractivity contribution in [2.75, 3.05) is 6.54 Å². The number of carbonyl (C=O) groups is 2. The molecule has 13 heavy (non-hydrogen) atoms. The minimum absolute atomic E-state index is 0.0197. The second kappa shape index (κ2) is 5.22. The first-order valence-corrected chi connectivity index (χ1v) is 5.04. The number of amides is 1. The smallest absolute Gasteiger partial charge is 0.240 e. The third-order valence-electron chi connectivity index (χ3n) is 2.38. The van der Waals surface area contributed by atoms with Gasteiger partial charge in [0, 0.05) is 5.92 Å². The van der Waals surface area contributed by atoms with E-state index < -0.39 is 5.24 Å². The molecule has 0 heterocycles. The van der Waals surface area contributed by atoms with Crippen LogP contribution in [0.15, 0.2) is 0 Å². The van der Waals surface area contributed by atoms with Crippen molar-refractivity contribution in [3.8, 4) is 0 Å². The van der Waals surface area contributed by atoms with Crippen LogP contribution in [0, 0.1) is 5.92 Å². The summed E-state index contributed by atoms with van der Waals surface area (Å²) in [4.78, 5) is 21.8. The zero-order valence-corrected chi connectivity index (χ0v) is 8.27. The summed E-state index contributed by atoms with van der Waals surface area (Å²) in [6, 6.07) is 0.